The van der Waals surface area contributed by atoms with Gasteiger partial charge in [0.1, 0.15) is 5.69 Å². The smallest absolute Gasteiger partial charge is 0.272 e. The molecule has 2 fully saturated rings. The molecular formula is C23H31N5O. The van der Waals surface area contributed by atoms with E-state index in [1.807, 2.05) is 17.0 Å². The molecule has 2 saturated heterocycles. The predicted octanol–water partition coefficient (Wildman–Crippen LogP) is 3.55. The highest BCUT2D eigenvalue weighted by Crippen LogP contribution is 2.22. The Morgan fingerprint density at radius 3 is 2.21 bits per heavy atom. The second-order valence-electron chi connectivity index (χ2n) is 8.30. The molecule has 2 aliphatic heterocycles. The van der Waals surface area contributed by atoms with Crippen LogP contribution < -0.4 is 9.80 Å². The Kier molecular flexibility index (Phi) is 5.97. The Hall–Kier alpha value is -2.63. The first-order valence-corrected chi connectivity index (χ1v) is 10.8. The van der Waals surface area contributed by atoms with Gasteiger partial charge in [0.25, 0.3) is 5.91 Å². The lowest BCUT2D eigenvalue weighted by molar-refractivity contribution is 0.0740. The van der Waals surface area contributed by atoms with Crippen molar-refractivity contribution < 1.29 is 4.79 Å². The van der Waals surface area contributed by atoms with Gasteiger partial charge < -0.3 is 14.7 Å². The molecule has 3 heterocycles. The van der Waals surface area contributed by atoms with Crippen LogP contribution in [0.2, 0.25) is 0 Å². The van der Waals surface area contributed by atoms with Crippen molar-refractivity contribution in [3.05, 3.63) is 47.8 Å². The number of piperazine rings is 1. The van der Waals surface area contributed by atoms with E-state index in [1.54, 1.807) is 0 Å². The third-order valence-electron chi connectivity index (χ3n) is 5.87. The Morgan fingerprint density at radius 2 is 1.55 bits per heavy atom. The summed E-state index contributed by atoms with van der Waals surface area (Å²) in [7, 11) is 0. The van der Waals surface area contributed by atoms with Crippen LogP contribution in [0, 0.1) is 0 Å². The number of benzene rings is 1. The van der Waals surface area contributed by atoms with E-state index in [9.17, 15) is 4.79 Å². The molecule has 1 aromatic carbocycles. The molecule has 0 spiro atoms. The van der Waals surface area contributed by atoms with Gasteiger partial charge in [-0.25, -0.2) is 9.97 Å². The molecule has 0 atom stereocenters. The third-order valence-corrected chi connectivity index (χ3v) is 5.87. The highest BCUT2D eigenvalue weighted by molar-refractivity contribution is 5.93. The van der Waals surface area contributed by atoms with Crippen molar-refractivity contribution in [1.82, 2.24) is 14.9 Å². The molecule has 1 amide bonds. The summed E-state index contributed by atoms with van der Waals surface area (Å²) < 4.78 is 0. The van der Waals surface area contributed by atoms with E-state index < -0.39 is 0 Å². The van der Waals surface area contributed by atoms with Crippen LogP contribution in [0.3, 0.4) is 0 Å². The number of carbonyl (C=O) groups excluding carboxylic acids is 1. The molecule has 4 rings (SSSR count). The summed E-state index contributed by atoms with van der Waals surface area (Å²) in [6.07, 6.45) is 3.60. The second-order valence-corrected chi connectivity index (χ2v) is 8.30. The van der Waals surface area contributed by atoms with Gasteiger partial charge >= 0.3 is 0 Å². The van der Waals surface area contributed by atoms with E-state index in [4.69, 9.17) is 9.97 Å². The van der Waals surface area contributed by atoms with Gasteiger partial charge in [0.2, 0.25) is 5.95 Å². The van der Waals surface area contributed by atoms with E-state index in [2.05, 4.69) is 47.9 Å². The number of hydrogen-bond acceptors (Lipinski definition) is 5. The Balaban J connectivity index is 1.50. The van der Waals surface area contributed by atoms with Crippen LogP contribution in [-0.2, 0) is 0 Å². The first kappa shape index (κ1) is 19.7. The summed E-state index contributed by atoms with van der Waals surface area (Å²) in [5.41, 5.74) is 2.71. The topological polar surface area (TPSA) is 52.6 Å². The quantitative estimate of drug-likeness (QED) is 0.795. The third kappa shape index (κ3) is 4.52. The van der Waals surface area contributed by atoms with Gasteiger partial charge in [0, 0.05) is 50.6 Å². The first-order valence-electron chi connectivity index (χ1n) is 10.8. The Bertz CT molecular complexity index is 824. The van der Waals surface area contributed by atoms with E-state index in [-0.39, 0.29) is 11.8 Å². The maximum atomic E-state index is 13.3. The molecule has 29 heavy (non-hydrogen) atoms. The fraction of sp³-hybridized carbons (Fsp3) is 0.522. The second kappa shape index (κ2) is 8.80. The van der Waals surface area contributed by atoms with Gasteiger partial charge in [-0.1, -0.05) is 32.0 Å². The molecule has 6 nitrogen and oxygen atoms in total. The number of para-hydroxylation sites is 1. The number of carbonyl (C=O) groups is 1. The van der Waals surface area contributed by atoms with Crippen LogP contribution in [-0.4, -0.2) is 60.0 Å². The van der Waals surface area contributed by atoms with Gasteiger partial charge in [-0.3, -0.25) is 4.79 Å². The molecule has 154 valence electrons. The van der Waals surface area contributed by atoms with Crippen LogP contribution in [0.15, 0.2) is 36.4 Å². The van der Waals surface area contributed by atoms with Crippen molar-refractivity contribution in [3.63, 3.8) is 0 Å². The number of amides is 1. The largest absolute Gasteiger partial charge is 0.368 e. The zero-order valence-corrected chi connectivity index (χ0v) is 17.5. The van der Waals surface area contributed by atoms with E-state index in [0.29, 0.717) is 18.8 Å². The van der Waals surface area contributed by atoms with Crippen LogP contribution in [0.25, 0.3) is 0 Å². The summed E-state index contributed by atoms with van der Waals surface area (Å²) in [6.45, 7) is 9.32. The minimum Gasteiger partial charge on any atom is -0.368 e. The van der Waals surface area contributed by atoms with Crippen LogP contribution in [0.1, 0.15) is 55.2 Å². The van der Waals surface area contributed by atoms with Crippen molar-refractivity contribution in [3.8, 4) is 0 Å². The summed E-state index contributed by atoms with van der Waals surface area (Å²) in [4.78, 5) is 29.2. The van der Waals surface area contributed by atoms with Gasteiger partial charge in [0.05, 0.1) is 0 Å². The molecule has 0 saturated carbocycles. The van der Waals surface area contributed by atoms with Crippen LogP contribution in [0.4, 0.5) is 11.6 Å². The molecule has 0 radical (unpaired) electrons. The minimum absolute atomic E-state index is 0.0280. The SMILES string of the molecule is CC(C)c1cc(C(=O)N2CCN(c3ccccc3)CC2)nc(N2CCCCC2)n1. The number of hydrogen-bond donors (Lipinski definition) is 0. The van der Waals surface area contributed by atoms with Crippen molar-refractivity contribution in [2.24, 2.45) is 0 Å². The maximum Gasteiger partial charge on any atom is 0.272 e. The zero-order chi connectivity index (χ0) is 20.2. The highest BCUT2D eigenvalue weighted by Gasteiger charge is 2.25. The van der Waals surface area contributed by atoms with Gasteiger partial charge in [0.15, 0.2) is 0 Å². The normalized spacial score (nSPS) is 17.7. The predicted molar refractivity (Wildman–Crippen MR) is 117 cm³/mol. The van der Waals surface area contributed by atoms with E-state index in [1.165, 1.54) is 24.9 Å². The lowest BCUT2D eigenvalue weighted by atomic mass is 10.1. The van der Waals surface area contributed by atoms with Crippen LogP contribution >= 0.6 is 0 Å². The molecule has 1 aromatic heterocycles. The summed E-state index contributed by atoms with van der Waals surface area (Å²) in [5, 5.41) is 0. The molecule has 0 unspecified atom stereocenters. The molecule has 0 N–H and O–H groups in total. The van der Waals surface area contributed by atoms with Crippen molar-refractivity contribution in [2.45, 2.75) is 39.0 Å². The lowest BCUT2D eigenvalue weighted by Gasteiger charge is -2.36. The van der Waals surface area contributed by atoms with E-state index in [0.717, 1.165) is 37.8 Å². The van der Waals surface area contributed by atoms with Crippen molar-refractivity contribution >= 4 is 17.5 Å². The fourth-order valence-electron chi connectivity index (χ4n) is 4.06. The Labute approximate surface area is 173 Å². The summed E-state index contributed by atoms with van der Waals surface area (Å²) in [6, 6.07) is 12.3. The first-order chi connectivity index (χ1) is 14.1. The standard InChI is InChI=1S/C23H31N5O/c1-18(2)20-17-21(25-23(24-20)28-11-7-4-8-12-28)22(29)27-15-13-26(14-16-27)19-9-5-3-6-10-19/h3,5-6,9-10,17-18H,4,7-8,11-16H2,1-2H3. The van der Waals surface area contributed by atoms with Crippen molar-refractivity contribution in [2.75, 3.05) is 49.1 Å². The van der Waals surface area contributed by atoms with Gasteiger partial charge in [-0.2, -0.15) is 0 Å². The number of nitrogens with zero attached hydrogens (tertiary/aromatic N) is 5. The molecule has 2 aliphatic rings. The average molecular weight is 394 g/mol. The summed E-state index contributed by atoms with van der Waals surface area (Å²) >= 11 is 0. The number of anilines is 2. The Morgan fingerprint density at radius 1 is 0.862 bits per heavy atom. The highest BCUT2D eigenvalue weighted by atomic mass is 16.2. The summed E-state index contributed by atoms with van der Waals surface area (Å²) in [5.74, 6) is 1.02. The number of rotatable bonds is 4. The average Bonchev–Trinajstić information content (AvgIpc) is 2.79. The molecule has 0 bridgehead atoms. The lowest BCUT2D eigenvalue weighted by Crippen LogP contribution is -2.49. The van der Waals surface area contributed by atoms with Gasteiger partial charge in [-0.05, 0) is 43.4 Å². The maximum absolute atomic E-state index is 13.3. The monoisotopic (exact) mass is 393 g/mol. The van der Waals surface area contributed by atoms with Gasteiger partial charge in [-0.15, -0.1) is 0 Å². The molecule has 6 heteroatoms. The van der Waals surface area contributed by atoms with Crippen LogP contribution in [0.5, 0.6) is 0 Å². The zero-order valence-electron chi connectivity index (χ0n) is 17.5. The van der Waals surface area contributed by atoms with Crippen molar-refractivity contribution in [1.29, 1.82) is 0 Å². The molecule has 0 aliphatic carbocycles. The molecular weight excluding hydrogens is 362 g/mol. The number of piperidine rings is 1. The van der Waals surface area contributed by atoms with E-state index >= 15 is 0 Å². The number of aromatic nitrogens is 2. The fourth-order valence-corrected chi connectivity index (χ4v) is 4.06. The minimum atomic E-state index is 0.0280. The molecule has 2 aromatic rings.